The van der Waals surface area contributed by atoms with Crippen molar-refractivity contribution in [3.8, 4) is 0 Å². The lowest BCUT2D eigenvalue weighted by molar-refractivity contribution is -0.140. The predicted molar refractivity (Wildman–Crippen MR) is 142 cm³/mol. The zero-order chi connectivity index (χ0) is 26.3. The van der Waals surface area contributed by atoms with E-state index in [4.69, 9.17) is 11.6 Å². The van der Waals surface area contributed by atoms with Crippen molar-refractivity contribution in [2.75, 3.05) is 23.7 Å². The summed E-state index contributed by atoms with van der Waals surface area (Å²) < 4.78 is 26.5. The summed E-state index contributed by atoms with van der Waals surface area (Å²) in [5.41, 5.74) is 2.93. The average molecular weight is 522 g/mol. The van der Waals surface area contributed by atoms with Crippen LogP contribution >= 0.6 is 11.6 Å². The number of halogens is 1. The first-order valence-corrected chi connectivity index (χ1v) is 13.9. The molecule has 0 aliphatic carbocycles. The zero-order valence-corrected chi connectivity index (χ0v) is 22.9. The number of amides is 2. The van der Waals surface area contributed by atoms with Crippen molar-refractivity contribution < 1.29 is 18.0 Å². The maximum absolute atomic E-state index is 13.7. The van der Waals surface area contributed by atoms with Crippen LogP contribution in [0.15, 0.2) is 42.5 Å². The third-order valence-corrected chi connectivity index (χ3v) is 7.01. The Hall–Kier alpha value is -2.58. The summed E-state index contributed by atoms with van der Waals surface area (Å²) in [4.78, 5) is 28.2. The van der Waals surface area contributed by atoms with Gasteiger partial charge in [-0.05, 0) is 55.5 Å². The number of hydrogen-bond acceptors (Lipinski definition) is 4. The first-order valence-electron chi connectivity index (χ1n) is 11.7. The second kappa shape index (κ2) is 12.4. The second-order valence-electron chi connectivity index (χ2n) is 9.27. The quantitative estimate of drug-likeness (QED) is 0.477. The van der Waals surface area contributed by atoms with Gasteiger partial charge in [-0.1, -0.05) is 62.2 Å². The van der Waals surface area contributed by atoms with Gasteiger partial charge in [-0.15, -0.1) is 0 Å². The van der Waals surface area contributed by atoms with Crippen LogP contribution in [0.5, 0.6) is 0 Å². The Labute approximate surface area is 214 Å². The molecule has 9 heteroatoms. The van der Waals surface area contributed by atoms with Crippen LogP contribution in [0.2, 0.25) is 5.02 Å². The van der Waals surface area contributed by atoms with Gasteiger partial charge >= 0.3 is 0 Å². The van der Waals surface area contributed by atoms with Crippen molar-refractivity contribution in [2.45, 2.75) is 53.6 Å². The van der Waals surface area contributed by atoms with Gasteiger partial charge in [0.2, 0.25) is 21.8 Å². The van der Waals surface area contributed by atoms with E-state index in [1.807, 2.05) is 52.0 Å². The van der Waals surface area contributed by atoms with E-state index < -0.39 is 28.5 Å². The van der Waals surface area contributed by atoms with Crippen molar-refractivity contribution >= 4 is 39.1 Å². The molecule has 0 heterocycles. The zero-order valence-electron chi connectivity index (χ0n) is 21.3. The molecule has 0 radical (unpaired) electrons. The van der Waals surface area contributed by atoms with E-state index in [0.29, 0.717) is 29.2 Å². The predicted octanol–water partition coefficient (Wildman–Crippen LogP) is 4.30. The van der Waals surface area contributed by atoms with Crippen LogP contribution in [-0.2, 0) is 26.2 Å². The van der Waals surface area contributed by atoms with Gasteiger partial charge in [0.25, 0.3) is 0 Å². The standard InChI is InChI=1S/C26H36ClN3O4S/c1-7-23(26(32)28-15-18(2)3)29(16-21-10-8-19(4)9-11-21)25(31)17-30(35(6,33)34)24-13-12-22(27)14-20(24)5/h8-14,18,23H,7,15-17H2,1-6H3,(H,28,32)/t23-/m1/s1. The number of nitrogens with zero attached hydrogens (tertiary/aromatic N) is 2. The molecule has 0 saturated carbocycles. The maximum Gasteiger partial charge on any atom is 0.244 e. The van der Waals surface area contributed by atoms with E-state index in [2.05, 4.69) is 5.32 Å². The van der Waals surface area contributed by atoms with Crippen LogP contribution in [0.4, 0.5) is 5.69 Å². The Bertz CT molecular complexity index is 1130. The summed E-state index contributed by atoms with van der Waals surface area (Å²) in [6.07, 6.45) is 1.45. The largest absolute Gasteiger partial charge is 0.354 e. The lowest BCUT2D eigenvalue weighted by Gasteiger charge is -2.33. The smallest absolute Gasteiger partial charge is 0.244 e. The summed E-state index contributed by atoms with van der Waals surface area (Å²) in [6, 6.07) is 11.8. The molecule has 35 heavy (non-hydrogen) atoms. The van der Waals surface area contributed by atoms with Crippen LogP contribution in [0.25, 0.3) is 0 Å². The van der Waals surface area contributed by atoms with Crippen molar-refractivity contribution in [3.63, 3.8) is 0 Å². The molecule has 0 aromatic heterocycles. The summed E-state index contributed by atoms with van der Waals surface area (Å²) in [5, 5.41) is 3.39. The summed E-state index contributed by atoms with van der Waals surface area (Å²) >= 11 is 6.05. The Morgan fingerprint density at radius 2 is 1.69 bits per heavy atom. The fourth-order valence-electron chi connectivity index (χ4n) is 3.73. The molecule has 1 atom stereocenters. The SMILES string of the molecule is CC[C@H](C(=O)NCC(C)C)N(Cc1ccc(C)cc1)C(=O)CN(c1ccc(Cl)cc1C)S(C)(=O)=O. The number of aryl methyl sites for hydroxylation is 2. The summed E-state index contributed by atoms with van der Waals surface area (Å²) in [7, 11) is -3.79. The first-order chi connectivity index (χ1) is 16.3. The van der Waals surface area contributed by atoms with E-state index in [-0.39, 0.29) is 18.4 Å². The van der Waals surface area contributed by atoms with Crippen LogP contribution in [0, 0.1) is 19.8 Å². The van der Waals surface area contributed by atoms with Crippen LogP contribution in [0.3, 0.4) is 0 Å². The summed E-state index contributed by atoms with van der Waals surface area (Å²) in [5.74, 6) is -0.460. The topological polar surface area (TPSA) is 86.8 Å². The van der Waals surface area contributed by atoms with E-state index in [0.717, 1.165) is 21.7 Å². The lowest BCUT2D eigenvalue weighted by Crippen LogP contribution is -2.52. The van der Waals surface area contributed by atoms with Crippen molar-refractivity contribution in [1.29, 1.82) is 0 Å². The Balaban J connectivity index is 2.44. The fraction of sp³-hybridized carbons (Fsp3) is 0.462. The molecule has 2 rings (SSSR count). The lowest BCUT2D eigenvalue weighted by atomic mass is 10.1. The highest BCUT2D eigenvalue weighted by atomic mass is 35.5. The van der Waals surface area contributed by atoms with E-state index in [1.54, 1.807) is 25.1 Å². The van der Waals surface area contributed by atoms with Gasteiger partial charge in [-0.25, -0.2) is 8.42 Å². The molecule has 7 nitrogen and oxygen atoms in total. The van der Waals surface area contributed by atoms with E-state index in [9.17, 15) is 18.0 Å². The number of anilines is 1. The molecule has 0 spiro atoms. The number of nitrogens with one attached hydrogen (secondary N) is 1. The van der Waals surface area contributed by atoms with Crippen molar-refractivity contribution in [1.82, 2.24) is 10.2 Å². The summed E-state index contributed by atoms with van der Waals surface area (Å²) in [6.45, 7) is 9.78. The Morgan fingerprint density at radius 1 is 1.06 bits per heavy atom. The molecule has 2 aromatic rings. The molecule has 2 aromatic carbocycles. The number of hydrogen-bond donors (Lipinski definition) is 1. The monoisotopic (exact) mass is 521 g/mol. The number of carbonyl (C=O) groups excluding carboxylic acids is 2. The number of carbonyl (C=O) groups is 2. The van der Waals surface area contributed by atoms with Crippen molar-refractivity contribution in [3.05, 3.63) is 64.2 Å². The van der Waals surface area contributed by atoms with E-state index in [1.165, 1.54) is 4.90 Å². The van der Waals surface area contributed by atoms with E-state index >= 15 is 0 Å². The number of benzene rings is 2. The minimum atomic E-state index is -3.79. The molecule has 0 fully saturated rings. The highest BCUT2D eigenvalue weighted by Crippen LogP contribution is 2.26. The third-order valence-electron chi connectivity index (χ3n) is 5.65. The Morgan fingerprint density at radius 3 is 2.20 bits per heavy atom. The minimum absolute atomic E-state index is 0.184. The van der Waals surface area contributed by atoms with Crippen LogP contribution in [-0.4, -0.2) is 50.5 Å². The molecule has 0 aliphatic rings. The average Bonchev–Trinajstić information content (AvgIpc) is 2.76. The molecule has 0 aliphatic heterocycles. The van der Waals surface area contributed by atoms with Gasteiger partial charge < -0.3 is 10.2 Å². The van der Waals surface area contributed by atoms with Gasteiger partial charge in [0.1, 0.15) is 12.6 Å². The van der Waals surface area contributed by atoms with Gasteiger partial charge in [-0.2, -0.15) is 0 Å². The van der Waals surface area contributed by atoms with Gasteiger partial charge in [0.05, 0.1) is 11.9 Å². The van der Waals surface area contributed by atoms with Crippen LogP contribution in [0.1, 0.15) is 43.9 Å². The molecular weight excluding hydrogens is 486 g/mol. The maximum atomic E-state index is 13.7. The second-order valence-corrected chi connectivity index (χ2v) is 11.6. The van der Waals surface area contributed by atoms with Gasteiger partial charge in [0, 0.05) is 18.1 Å². The van der Waals surface area contributed by atoms with Gasteiger partial charge in [-0.3, -0.25) is 13.9 Å². The Kier molecular flexibility index (Phi) is 10.2. The molecule has 2 amide bonds. The first kappa shape index (κ1) is 28.7. The van der Waals surface area contributed by atoms with Gasteiger partial charge in [0.15, 0.2) is 0 Å². The minimum Gasteiger partial charge on any atom is -0.354 e. The molecule has 0 unspecified atom stereocenters. The van der Waals surface area contributed by atoms with Crippen molar-refractivity contribution in [2.24, 2.45) is 5.92 Å². The molecule has 0 saturated heterocycles. The molecule has 1 N–H and O–H groups in total. The highest BCUT2D eigenvalue weighted by molar-refractivity contribution is 7.92. The normalized spacial score (nSPS) is 12.3. The highest BCUT2D eigenvalue weighted by Gasteiger charge is 2.32. The molecule has 192 valence electrons. The molecule has 0 bridgehead atoms. The third kappa shape index (κ3) is 8.25. The number of rotatable bonds is 11. The fourth-order valence-corrected chi connectivity index (χ4v) is 4.86. The number of sulfonamides is 1. The molecular formula is C26H36ClN3O4S. The van der Waals surface area contributed by atoms with Crippen LogP contribution < -0.4 is 9.62 Å².